The van der Waals surface area contributed by atoms with Gasteiger partial charge < -0.3 is 5.32 Å². The SMILES string of the molecule is CC(C)CNC(=O)C1(CC(C)C)CCCC1. The first-order valence-corrected chi connectivity index (χ1v) is 6.74. The van der Waals surface area contributed by atoms with E-state index in [0.717, 1.165) is 25.8 Å². The Bertz CT molecular complexity index is 227. The summed E-state index contributed by atoms with van der Waals surface area (Å²) in [5.74, 6) is 1.47. The smallest absolute Gasteiger partial charge is 0.226 e. The second-order valence-electron chi connectivity index (χ2n) is 6.19. The van der Waals surface area contributed by atoms with Crippen LogP contribution in [0.15, 0.2) is 0 Å². The molecule has 0 spiro atoms. The Kier molecular flexibility index (Phi) is 4.82. The molecule has 0 aromatic rings. The number of hydrogen-bond acceptors (Lipinski definition) is 1. The van der Waals surface area contributed by atoms with Gasteiger partial charge in [0.2, 0.25) is 5.91 Å². The summed E-state index contributed by atoms with van der Waals surface area (Å²) in [7, 11) is 0. The number of hydrogen-bond donors (Lipinski definition) is 1. The lowest BCUT2D eigenvalue weighted by molar-refractivity contribution is -0.131. The second-order valence-corrected chi connectivity index (χ2v) is 6.19. The van der Waals surface area contributed by atoms with E-state index in [0.29, 0.717) is 17.7 Å². The van der Waals surface area contributed by atoms with E-state index in [4.69, 9.17) is 0 Å². The third-order valence-corrected chi connectivity index (χ3v) is 3.51. The van der Waals surface area contributed by atoms with Crippen molar-refractivity contribution in [2.24, 2.45) is 17.3 Å². The van der Waals surface area contributed by atoms with Crippen LogP contribution in [0.1, 0.15) is 59.8 Å². The molecule has 0 bridgehead atoms. The fourth-order valence-corrected chi connectivity index (χ4v) is 2.84. The van der Waals surface area contributed by atoms with Crippen molar-refractivity contribution in [2.75, 3.05) is 6.54 Å². The lowest BCUT2D eigenvalue weighted by atomic mass is 9.77. The molecule has 2 heteroatoms. The molecule has 0 atom stereocenters. The average molecular weight is 225 g/mol. The number of rotatable bonds is 5. The molecule has 1 aliphatic rings. The predicted octanol–water partition coefficient (Wildman–Crippen LogP) is 3.37. The summed E-state index contributed by atoms with van der Waals surface area (Å²) in [4.78, 5) is 12.3. The summed E-state index contributed by atoms with van der Waals surface area (Å²) in [6.45, 7) is 9.54. The zero-order valence-electron chi connectivity index (χ0n) is 11.3. The summed E-state index contributed by atoms with van der Waals surface area (Å²) in [5.41, 5.74) is -0.0386. The standard InChI is InChI=1S/C14H27NO/c1-11(2)9-14(7-5-6-8-14)13(16)15-10-12(3)4/h11-12H,5-10H2,1-4H3,(H,15,16). The minimum absolute atomic E-state index is 0.0386. The highest BCUT2D eigenvalue weighted by molar-refractivity contribution is 5.82. The van der Waals surface area contributed by atoms with Crippen LogP contribution in [0.25, 0.3) is 0 Å². The van der Waals surface area contributed by atoms with Crippen LogP contribution in [0.5, 0.6) is 0 Å². The third kappa shape index (κ3) is 3.50. The van der Waals surface area contributed by atoms with Crippen LogP contribution in [0, 0.1) is 17.3 Å². The van der Waals surface area contributed by atoms with Gasteiger partial charge in [-0.2, -0.15) is 0 Å². The van der Waals surface area contributed by atoms with Crippen molar-refractivity contribution in [3.8, 4) is 0 Å². The Balaban J connectivity index is 2.58. The monoisotopic (exact) mass is 225 g/mol. The Hall–Kier alpha value is -0.530. The van der Waals surface area contributed by atoms with E-state index in [2.05, 4.69) is 33.0 Å². The normalized spacial score (nSPS) is 19.4. The number of carbonyl (C=O) groups excluding carboxylic acids is 1. The van der Waals surface area contributed by atoms with Gasteiger partial charge in [-0.05, 0) is 31.1 Å². The minimum atomic E-state index is -0.0386. The van der Waals surface area contributed by atoms with Crippen LogP contribution >= 0.6 is 0 Å². The molecule has 0 aromatic carbocycles. The Labute approximate surface area is 100 Å². The molecule has 2 nitrogen and oxygen atoms in total. The summed E-state index contributed by atoms with van der Waals surface area (Å²) >= 11 is 0. The zero-order valence-corrected chi connectivity index (χ0v) is 11.3. The van der Waals surface area contributed by atoms with Gasteiger partial charge in [0.05, 0.1) is 0 Å². The van der Waals surface area contributed by atoms with Gasteiger partial charge in [0.15, 0.2) is 0 Å². The molecule has 0 aromatic heterocycles. The average Bonchev–Trinajstić information content (AvgIpc) is 2.62. The van der Waals surface area contributed by atoms with Crippen molar-refractivity contribution in [3.05, 3.63) is 0 Å². The minimum Gasteiger partial charge on any atom is -0.355 e. The Morgan fingerprint density at radius 2 is 1.69 bits per heavy atom. The largest absolute Gasteiger partial charge is 0.355 e. The van der Waals surface area contributed by atoms with Gasteiger partial charge in [-0.25, -0.2) is 0 Å². The summed E-state index contributed by atoms with van der Waals surface area (Å²) in [5, 5.41) is 3.13. The molecule has 1 saturated carbocycles. The van der Waals surface area contributed by atoms with Crippen LogP contribution in [0.2, 0.25) is 0 Å². The van der Waals surface area contributed by atoms with E-state index in [1.807, 2.05) is 0 Å². The van der Waals surface area contributed by atoms with Gasteiger partial charge in [0.25, 0.3) is 0 Å². The zero-order chi connectivity index (χ0) is 12.2. The predicted molar refractivity (Wildman–Crippen MR) is 68.2 cm³/mol. The van der Waals surface area contributed by atoms with E-state index >= 15 is 0 Å². The molecule has 94 valence electrons. The molecule has 1 rings (SSSR count). The van der Waals surface area contributed by atoms with Crippen molar-refractivity contribution in [2.45, 2.75) is 59.8 Å². The topological polar surface area (TPSA) is 29.1 Å². The number of amides is 1. The molecule has 1 fully saturated rings. The Morgan fingerprint density at radius 1 is 1.12 bits per heavy atom. The van der Waals surface area contributed by atoms with Gasteiger partial charge in [0, 0.05) is 12.0 Å². The molecule has 0 heterocycles. The maximum absolute atomic E-state index is 12.3. The molecule has 1 aliphatic carbocycles. The van der Waals surface area contributed by atoms with Crippen molar-refractivity contribution < 1.29 is 4.79 Å². The first kappa shape index (κ1) is 13.5. The van der Waals surface area contributed by atoms with Gasteiger partial charge in [-0.3, -0.25) is 4.79 Å². The highest BCUT2D eigenvalue weighted by Gasteiger charge is 2.40. The van der Waals surface area contributed by atoms with E-state index in [-0.39, 0.29) is 5.41 Å². The third-order valence-electron chi connectivity index (χ3n) is 3.51. The van der Waals surface area contributed by atoms with Crippen LogP contribution in [0.4, 0.5) is 0 Å². The first-order chi connectivity index (χ1) is 7.46. The van der Waals surface area contributed by atoms with E-state index in [9.17, 15) is 4.79 Å². The quantitative estimate of drug-likeness (QED) is 0.763. The first-order valence-electron chi connectivity index (χ1n) is 6.74. The van der Waals surface area contributed by atoms with Gasteiger partial charge in [0.1, 0.15) is 0 Å². The molecule has 0 aliphatic heterocycles. The highest BCUT2D eigenvalue weighted by Crippen LogP contribution is 2.43. The Morgan fingerprint density at radius 3 is 2.12 bits per heavy atom. The highest BCUT2D eigenvalue weighted by atomic mass is 16.2. The second kappa shape index (κ2) is 5.70. The molecule has 0 unspecified atom stereocenters. The van der Waals surface area contributed by atoms with Gasteiger partial charge in [-0.15, -0.1) is 0 Å². The fraction of sp³-hybridized carbons (Fsp3) is 0.929. The molecule has 0 saturated heterocycles. The van der Waals surface area contributed by atoms with Gasteiger partial charge >= 0.3 is 0 Å². The molecule has 1 N–H and O–H groups in total. The van der Waals surface area contributed by atoms with Crippen LogP contribution in [-0.2, 0) is 4.79 Å². The lowest BCUT2D eigenvalue weighted by Crippen LogP contribution is -2.41. The maximum atomic E-state index is 12.3. The molecular weight excluding hydrogens is 198 g/mol. The molecule has 1 amide bonds. The van der Waals surface area contributed by atoms with E-state index < -0.39 is 0 Å². The maximum Gasteiger partial charge on any atom is 0.226 e. The fourth-order valence-electron chi connectivity index (χ4n) is 2.84. The summed E-state index contributed by atoms with van der Waals surface area (Å²) in [6, 6.07) is 0. The van der Waals surface area contributed by atoms with Crippen molar-refractivity contribution in [1.82, 2.24) is 5.32 Å². The summed E-state index contributed by atoms with van der Waals surface area (Å²) < 4.78 is 0. The molecular formula is C14H27NO. The van der Waals surface area contributed by atoms with Crippen molar-refractivity contribution >= 4 is 5.91 Å². The van der Waals surface area contributed by atoms with Crippen LogP contribution < -0.4 is 5.32 Å². The van der Waals surface area contributed by atoms with Crippen molar-refractivity contribution in [3.63, 3.8) is 0 Å². The molecule has 0 radical (unpaired) electrons. The summed E-state index contributed by atoms with van der Waals surface area (Å²) in [6.07, 6.45) is 5.69. The van der Waals surface area contributed by atoms with Crippen molar-refractivity contribution in [1.29, 1.82) is 0 Å². The lowest BCUT2D eigenvalue weighted by Gasteiger charge is -2.29. The van der Waals surface area contributed by atoms with Gasteiger partial charge in [-0.1, -0.05) is 40.5 Å². The van der Waals surface area contributed by atoms with Crippen LogP contribution in [0.3, 0.4) is 0 Å². The van der Waals surface area contributed by atoms with E-state index in [1.54, 1.807) is 0 Å². The van der Waals surface area contributed by atoms with E-state index in [1.165, 1.54) is 12.8 Å². The number of nitrogens with one attached hydrogen (secondary N) is 1. The van der Waals surface area contributed by atoms with Crippen LogP contribution in [-0.4, -0.2) is 12.5 Å². The number of carbonyl (C=O) groups is 1. The molecule has 16 heavy (non-hydrogen) atoms.